The molecule has 2 aliphatic rings. The van der Waals surface area contributed by atoms with Gasteiger partial charge in [-0.15, -0.1) is 0 Å². The summed E-state index contributed by atoms with van der Waals surface area (Å²) in [6.45, 7) is 5.94. The van der Waals surface area contributed by atoms with Crippen LogP contribution >= 0.6 is 0 Å². The van der Waals surface area contributed by atoms with Crippen molar-refractivity contribution in [3.63, 3.8) is 0 Å². The predicted octanol–water partition coefficient (Wildman–Crippen LogP) is 1.98. The first-order chi connectivity index (χ1) is 9.14. The molecule has 1 saturated heterocycles. The van der Waals surface area contributed by atoms with Crippen LogP contribution in [0.2, 0.25) is 0 Å². The Hall–Kier alpha value is -0.610. The van der Waals surface area contributed by atoms with Crippen LogP contribution in [0, 0.1) is 0 Å². The Morgan fingerprint density at radius 2 is 1.95 bits per heavy atom. The van der Waals surface area contributed by atoms with Crippen LogP contribution in [-0.4, -0.2) is 36.7 Å². The summed E-state index contributed by atoms with van der Waals surface area (Å²) in [7, 11) is 0. The van der Waals surface area contributed by atoms with Crippen LogP contribution in [0.4, 0.5) is 0 Å². The van der Waals surface area contributed by atoms with Crippen molar-refractivity contribution in [3.8, 4) is 0 Å². The lowest BCUT2D eigenvalue weighted by Gasteiger charge is -2.32. The molecule has 0 aromatic carbocycles. The van der Waals surface area contributed by atoms with Crippen LogP contribution in [0.15, 0.2) is 0 Å². The predicted molar refractivity (Wildman–Crippen MR) is 76.1 cm³/mol. The van der Waals surface area contributed by atoms with E-state index in [2.05, 4.69) is 17.6 Å². The van der Waals surface area contributed by atoms with Crippen molar-refractivity contribution in [2.75, 3.05) is 13.2 Å². The smallest absolute Gasteiger partial charge is 0.252 e. The van der Waals surface area contributed by atoms with Gasteiger partial charge in [-0.25, -0.2) is 0 Å². The molecular weight excluding hydrogens is 240 g/mol. The Morgan fingerprint density at radius 3 is 2.53 bits per heavy atom. The highest BCUT2D eigenvalue weighted by Crippen LogP contribution is 2.26. The van der Waals surface area contributed by atoms with E-state index in [9.17, 15) is 4.79 Å². The van der Waals surface area contributed by atoms with E-state index in [-0.39, 0.29) is 5.91 Å². The topological polar surface area (TPSA) is 50.4 Å². The summed E-state index contributed by atoms with van der Waals surface area (Å²) < 4.78 is 5.59. The minimum atomic E-state index is -0.572. The molecular formula is C15H28N2O2. The quantitative estimate of drug-likeness (QED) is 0.801. The maximum absolute atomic E-state index is 12.2. The van der Waals surface area contributed by atoms with Gasteiger partial charge in [-0.2, -0.15) is 0 Å². The van der Waals surface area contributed by atoms with Crippen LogP contribution in [0.3, 0.4) is 0 Å². The van der Waals surface area contributed by atoms with Crippen molar-refractivity contribution < 1.29 is 9.53 Å². The molecule has 2 rings (SSSR count). The van der Waals surface area contributed by atoms with Gasteiger partial charge in [0.2, 0.25) is 0 Å². The average Bonchev–Trinajstić information content (AvgIpc) is 2.86. The van der Waals surface area contributed by atoms with Gasteiger partial charge in [-0.05, 0) is 58.4 Å². The number of amides is 1. The molecule has 1 aliphatic heterocycles. The van der Waals surface area contributed by atoms with E-state index in [1.807, 2.05) is 6.92 Å². The third-order valence-corrected chi connectivity index (χ3v) is 4.44. The maximum atomic E-state index is 12.2. The molecule has 1 unspecified atom stereocenters. The molecule has 0 radical (unpaired) electrons. The lowest BCUT2D eigenvalue weighted by atomic mass is 9.90. The Bertz CT molecular complexity index is 293. The van der Waals surface area contributed by atoms with Crippen molar-refractivity contribution in [2.45, 2.75) is 76.5 Å². The number of hydrogen-bond donors (Lipinski definition) is 2. The highest BCUT2D eigenvalue weighted by Gasteiger charge is 2.38. The number of carbonyl (C=O) groups is 1. The van der Waals surface area contributed by atoms with E-state index in [1.165, 1.54) is 19.3 Å². The van der Waals surface area contributed by atoms with E-state index < -0.39 is 5.60 Å². The van der Waals surface area contributed by atoms with Gasteiger partial charge >= 0.3 is 0 Å². The molecule has 1 saturated carbocycles. The fourth-order valence-corrected chi connectivity index (χ4v) is 3.09. The Kier molecular flexibility index (Phi) is 5.22. The van der Waals surface area contributed by atoms with Gasteiger partial charge in [0, 0.05) is 18.7 Å². The van der Waals surface area contributed by atoms with Gasteiger partial charge < -0.3 is 15.4 Å². The van der Waals surface area contributed by atoms with Gasteiger partial charge in [0.1, 0.15) is 5.60 Å². The van der Waals surface area contributed by atoms with Gasteiger partial charge in [0.05, 0.1) is 0 Å². The monoisotopic (exact) mass is 268 g/mol. The molecule has 4 heteroatoms. The molecule has 1 aliphatic carbocycles. The van der Waals surface area contributed by atoms with Crippen LogP contribution in [0.5, 0.6) is 0 Å². The van der Waals surface area contributed by atoms with Crippen molar-refractivity contribution in [1.82, 2.24) is 10.6 Å². The molecule has 1 heterocycles. The van der Waals surface area contributed by atoms with E-state index in [0.717, 1.165) is 38.8 Å². The van der Waals surface area contributed by atoms with Crippen molar-refractivity contribution in [1.29, 1.82) is 0 Å². The first-order valence-corrected chi connectivity index (χ1v) is 7.82. The van der Waals surface area contributed by atoms with Crippen molar-refractivity contribution in [2.24, 2.45) is 0 Å². The molecule has 2 N–H and O–H groups in total. The van der Waals surface area contributed by atoms with E-state index >= 15 is 0 Å². The number of nitrogens with one attached hydrogen (secondary N) is 2. The molecule has 0 aromatic heterocycles. The summed E-state index contributed by atoms with van der Waals surface area (Å²) >= 11 is 0. The molecule has 110 valence electrons. The summed E-state index contributed by atoms with van der Waals surface area (Å²) in [4.78, 5) is 12.2. The third-order valence-electron chi connectivity index (χ3n) is 4.44. The van der Waals surface area contributed by atoms with Crippen molar-refractivity contribution in [3.05, 3.63) is 0 Å². The Morgan fingerprint density at radius 1 is 1.26 bits per heavy atom. The molecule has 0 aromatic rings. The van der Waals surface area contributed by atoms with Crippen LogP contribution in [0.1, 0.15) is 58.8 Å². The zero-order valence-corrected chi connectivity index (χ0v) is 12.3. The van der Waals surface area contributed by atoms with E-state index in [0.29, 0.717) is 12.1 Å². The molecule has 19 heavy (non-hydrogen) atoms. The van der Waals surface area contributed by atoms with Crippen LogP contribution in [-0.2, 0) is 9.53 Å². The zero-order chi connectivity index (χ0) is 13.7. The standard InChI is InChI=1S/C15H28N2O2/c1-3-10-16-12-5-7-13(8-6-12)17-14(18)15(2)9-4-11-19-15/h12-13,16H,3-11H2,1-2H3,(H,17,18). The fourth-order valence-electron chi connectivity index (χ4n) is 3.09. The highest BCUT2D eigenvalue weighted by molar-refractivity contribution is 5.85. The number of ether oxygens (including phenoxy) is 1. The lowest BCUT2D eigenvalue weighted by molar-refractivity contribution is -0.140. The molecule has 2 fully saturated rings. The molecule has 0 bridgehead atoms. The number of hydrogen-bond acceptors (Lipinski definition) is 3. The maximum Gasteiger partial charge on any atom is 0.252 e. The normalized spacial score (nSPS) is 35.3. The summed E-state index contributed by atoms with van der Waals surface area (Å²) in [5, 5.41) is 6.76. The summed E-state index contributed by atoms with van der Waals surface area (Å²) in [5.41, 5.74) is -0.572. The first kappa shape index (κ1) is 14.8. The Labute approximate surface area is 116 Å². The minimum absolute atomic E-state index is 0.0926. The number of carbonyl (C=O) groups excluding carboxylic acids is 1. The second-order valence-corrected chi connectivity index (χ2v) is 6.16. The fraction of sp³-hybridized carbons (Fsp3) is 0.933. The van der Waals surface area contributed by atoms with E-state index in [4.69, 9.17) is 4.74 Å². The second kappa shape index (κ2) is 6.71. The Balaban J connectivity index is 1.72. The average molecular weight is 268 g/mol. The minimum Gasteiger partial charge on any atom is -0.365 e. The van der Waals surface area contributed by atoms with Gasteiger partial charge in [0.15, 0.2) is 0 Å². The first-order valence-electron chi connectivity index (χ1n) is 7.82. The largest absolute Gasteiger partial charge is 0.365 e. The van der Waals surface area contributed by atoms with Crippen LogP contribution in [0.25, 0.3) is 0 Å². The summed E-state index contributed by atoms with van der Waals surface area (Å²) in [5.74, 6) is 0.0926. The highest BCUT2D eigenvalue weighted by atomic mass is 16.5. The molecule has 0 spiro atoms. The lowest BCUT2D eigenvalue weighted by Crippen LogP contribution is -2.50. The summed E-state index contributed by atoms with van der Waals surface area (Å²) in [6.07, 6.45) is 7.55. The SMILES string of the molecule is CCCNC1CCC(NC(=O)C2(C)CCCO2)CC1. The number of rotatable bonds is 5. The van der Waals surface area contributed by atoms with Crippen molar-refractivity contribution >= 4 is 5.91 Å². The molecule has 1 amide bonds. The van der Waals surface area contributed by atoms with E-state index in [1.54, 1.807) is 0 Å². The molecule has 1 atom stereocenters. The van der Waals surface area contributed by atoms with Gasteiger partial charge in [-0.3, -0.25) is 4.79 Å². The summed E-state index contributed by atoms with van der Waals surface area (Å²) in [6, 6.07) is 0.986. The van der Waals surface area contributed by atoms with Crippen LogP contribution < -0.4 is 10.6 Å². The zero-order valence-electron chi connectivity index (χ0n) is 12.3. The third kappa shape index (κ3) is 3.93. The van der Waals surface area contributed by atoms with Gasteiger partial charge in [0.25, 0.3) is 5.91 Å². The second-order valence-electron chi connectivity index (χ2n) is 6.16. The van der Waals surface area contributed by atoms with Gasteiger partial charge in [-0.1, -0.05) is 6.92 Å². The molecule has 4 nitrogen and oxygen atoms in total.